The van der Waals surface area contributed by atoms with E-state index in [0.29, 0.717) is 19.6 Å². The first-order chi connectivity index (χ1) is 10.2. The lowest BCUT2D eigenvalue weighted by Crippen LogP contribution is -2.41. The third kappa shape index (κ3) is 3.25. The normalized spacial score (nSPS) is 18.8. The van der Waals surface area contributed by atoms with Gasteiger partial charge in [-0.25, -0.2) is 0 Å². The Labute approximate surface area is 123 Å². The first-order valence-corrected chi connectivity index (χ1v) is 7.30. The van der Waals surface area contributed by atoms with Gasteiger partial charge in [-0.1, -0.05) is 18.2 Å². The summed E-state index contributed by atoms with van der Waals surface area (Å²) in [4.78, 5) is 12.0. The molecule has 0 saturated carbocycles. The second-order valence-corrected chi connectivity index (χ2v) is 5.32. The molecule has 1 unspecified atom stereocenters. The zero-order chi connectivity index (χ0) is 14.7. The van der Waals surface area contributed by atoms with Crippen molar-refractivity contribution < 1.29 is 13.9 Å². The third-order valence-corrected chi connectivity index (χ3v) is 3.81. The van der Waals surface area contributed by atoms with Crippen LogP contribution in [0.3, 0.4) is 0 Å². The molecule has 112 valence electrons. The summed E-state index contributed by atoms with van der Waals surface area (Å²) >= 11 is 0. The molecule has 1 aromatic carbocycles. The van der Waals surface area contributed by atoms with Crippen molar-refractivity contribution in [3.8, 4) is 0 Å². The Bertz CT molecular complexity index is 629. The Balaban J connectivity index is 1.58. The third-order valence-electron chi connectivity index (χ3n) is 3.81. The molecule has 2 heterocycles. The predicted octanol–water partition coefficient (Wildman–Crippen LogP) is 1.74. The van der Waals surface area contributed by atoms with E-state index in [4.69, 9.17) is 9.15 Å². The molecule has 2 aromatic rings. The van der Waals surface area contributed by atoms with Crippen LogP contribution in [-0.2, 0) is 16.1 Å². The van der Waals surface area contributed by atoms with E-state index in [1.165, 1.54) is 0 Å². The van der Waals surface area contributed by atoms with E-state index >= 15 is 0 Å². The average Bonchev–Trinajstić information content (AvgIpc) is 2.83. The molecular weight excluding hydrogens is 268 g/mol. The summed E-state index contributed by atoms with van der Waals surface area (Å²) < 4.78 is 11.3. The zero-order valence-corrected chi connectivity index (χ0v) is 12.1. The highest BCUT2D eigenvalue weighted by atomic mass is 16.5. The van der Waals surface area contributed by atoms with Crippen molar-refractivity contribution in [2.75, 3.05) is 19.7 Å². The van der Waals surface area contributed by atoms with Crippen molar-refractivity contribution in [1.29, 1.82) is 0 Å². The van der Waals surface area contributed by atoms with Crippen LogP contribution in [0, 0.1) is 6.92 Å². The minimum atomic E-state index is -0.0319. The fourth-order valence-electron chi connectivity index (χ4n) is 2.60. The van der Waals surface area contributed by atoms with E-state index in [-0.39, 0.29) is 12.0 Å². The standard InChI is InChI=1S/C16H20N2O3/c1-11-13-4-2-3-5-14(13)21-15(11)10-18-16(19)8-12-9-17-6-7-20-12/h2-5,12,17H,6-10H2,1H3,(H,18,19). The van der Waals surface area contributed by atoms with E-state index in [9.17, 15) is 4.79 Å². The summed E-state index contributed by atoms with van der Waals surface area (Å²) in [7, 11) is 0. The highest BCUT2D eigenvalue weighted by molar-refractivity contribution is 5.82. The second kappa shape index (κ2) is 6.28. The number of para-hydroxylation sites is 1. The van der Waals surface area contributed by atoms with Gasteiger partial charge in [0.2, 0.25) is 5.91 Å². The van der Waals surface area contributed by atoms with Gasteiger partial charge >= 0.3 is 0 Å². The Morgan fingerprint density at radius 2 is 2.29 bits per heavy atom. The van der Waals surface area contributed by atoms with E-state index in [1.54, 1.807) is 0 Å². The highest BCUT2D eigenvalue weighted by Gasteiger charge is 2.18. The molecule has 1 aliphatic rings. The maximum atomic E-state index is 12.0. The number of amides is 1. The van der Waals surface area contributed by atoms with Gasteiger partial charge in [-0.2, -0.15) is 0 Å². The summed E-state index contributed by atoms with van der Waals surface area (Å²) in [5, 5.41) is 7.22. The second-order valence-electron chi connectivity index (χ2n) is 5.32. The summed E-state index contributed by atoms with van der Waals surface area (Å²) in [5.74, 6) is 0.802. The number of carbonyl (C=O) groups is 1. The fourth-order valence-corrected chi connectivity index (χ4v) is 2.60. The Kier molecular flexibility index (Phi) is 4.22. The highest BCUT2D eigenvalue weighted by Crippen LogP contribution is 2.24. The zero-order valence-electron chi connectivity index (χ0n) is 12.1. The maximum Gasteiger partial charge on any atom is 0.223 e. The summed E-state index contributed by atoms with van der Waals surface area (Å²) in [6.45, 7) is 4.69. The van der Waals surface area contributed by atoms with Crippen LogP contribution in [-0.4, -0.2) is 31.7 Å². The molecule has 21 heavy (non-hydrogen) atoms. The quantitative estimate of drug-likeness (QED) is 0.899. The van der Waals surface area contributed by atoms with Crippen molar-refractivity contribution in [1.82, 2.24) is 10.6 Å². The molecule has 1 atom stereocenters. The molecule has 3 rings (SSSR count). The van der Waals surface area contributed by atoms with Crippen LogP contribution in [0.15, 0.2) is 28.7 Å². The molecule has 1 amide bonds. The van der Waals surface area contributed by atoms with Crippen LogP contribution in [0.1, 0.15) is 17.7 Å². The van der Waals surface area contributed by atoms with E-state index in [0.717, 1.165) is 35.4 Å². The monoisotopic (exact) mass is 288 g/mol. The molecule has 0 spiro atoms. The smallest absolute Gasteiger partial charge is 0.223 e. The molecule has 0 aliphatic carbocycles. The predicted molar refractivity (Wildman–Crippen MR) is 80.0 cm³/mol. The van der Waals surface area contributed by atoms with Gasteiger partial charge in [-0.3, -0.25) is 4.79 Å². The Morgan fingerprint density at radius 1 is 1.43 bits per heavy atom. The van der Waals surface area contributed by atoms with Gasteiger partial charge in [-0.15, -0.1) is 0 Å². The average molecular weight is 288 g/mol. The van der Waals surface area contributed by atoms with Crippen LogP contribution in [0.25, 0.3) is 11.0 Å². The molecule has 5 heteroatoms. The summed E-state index contributed by atoms with van der Waals surface area (Å²) in [6, 6.07) is 7.90. The first-order valence-electron chi connectivity index (χ1n) is 7.30. The Morgan fingerprint density at radius 3 is 3.05 bits per heavy atom. The summed E-state index contributed by atoms with van der Waals surface area (Å²) in [5.41, 5.74) is 1.94. The number of benzene rings is 1. The molecule has 0 radical (unpaired) electrons. The van der Waals surface area contributed by atoms with Crippen molar-refractivity contribution >= 4 is 16.9 Å². The van der Waals surface area contributed by atoms with Crippen LogP contribution >= 0.6 is 0 Å². The number of fused-ring (bicyclic) bond motifs is 1. The number of ether oxygens (including phenoxy) is 1. The molecule has 0 bridgehead atoms. The minimum absolute atomic E-state index is 0.0106. The van der Waals surface area contributed by atoms with Crippen LogP contribution in [0.5, 0.6) is 0 Å². The van der Waals surface area contributed by atoms with Crippen LogP contribution < -0.4 is 10.6 Å². The number of aryl methyl sites for hydroxylation is 1. The number of nitrogens with one attached hydrogen (secondary N) is 2. The molecular formula is C16H20N2O3. The Hall–Kier alpha value is -1.85. The number of hydrogen-bond donors (Lipinski definition) is 2. The molecule has 1 aliphatic heterocycles. The fraction of sp³-hybridized carbons (Fsp3) is 0.438. The van der Waals surface area contributed by atoms with Gasteiger partial charge in [0.05, 0.1) is 25.7 Å². The van der Waals surface area contributed by atoms with Crippen molar-refractivity contribution in [2.45, 2.75) is 26.0 Å². The topological polar surface area (TPSA) is 63.5 Å². The van der Waals surface area contributed by atoms with E-state index < -0.39 is 0 Å². The molecule has 1 fully saturated rings. The van der Waals surface area contributed by atoms with Gasteiger partial charge in [0.25, 0.3) is 0 Å². The van der Waals surface area contributed by atoms with Crippen LogP contribution in [0.2, 0.25) is 0 Å². The number of hydrogen-bond acceptors (Lipinski definition) is 4. The minimum Gasteiger partial charge on any atom is -0.459 e. The maximum absolute atomic E-state index is 12.0. The number of rotatable bonds is 4. The van der Waals surface area contributed by atoms with Gasteiger partial charge in [-0.05, 0) is 13.0 Å². The number of morpholine rings is 1. The van der Waals surface area contributed by atoms with Gasteiger partial charge in [0.1, 0.15) is 11.3 Å². The number of furan rings is 1. The lowest BCUT2D eigenvalue weighted by atomic mass is 10.1. The van der Waals surface area contributed by atoms with Crippen molar-refractivity contribution in [2.24, 2.45) is 0 Å². The molecule has 5 nitrogen and oxygen atoms in total. The summed E-state index contributed by atoms with van der Waals surface area (Å²) in [6.07, 6.45) is 0.349. The lowest BCUT2D eigenvalue weighted by molar-refractivity contribution is -0.124. The van der Waals surface area contributed by atoms with Crippen molar-refractivity contribution in [3.05, 3.63) is 35.6 Å². The first kappa shape index (κ1) is 14.1. The van der Waals surface area contributed by atoms with E-state index in [2.05, 4.69) is 10.6 Å². The lowest BCUT2D eigenvalue weighted by Gasteiger charge is -2.22. The van der Waals surface area contributed by atoms with Gasteiger partial charge in [0, 0.05) is 24.0 Å². The van der Waals surface area contributed by atoms with E-state index in [1.807, 2.05) is 31.2 Å². The van der Waals surface area contributed by atoms with Gasteiger partial charge < -0.3 is 19.8 Å². The van der Waals surface area contributed by atoms with Crippen LogP contribution in [0.4, 0.5) is 0 Å². The number of carbonyl (C=O) groups excluding carboxylic acids is 1. The largest absolute Gasteiger partial charge is 0.459 e. The molecule has 1 aromatic heterocycles. The molecule has 1 saturated heterocycles. The van der Waals surface area contributed by atoms with Crippen molar-refractivity contribution in [3.63, 3.8) is 0 Å². The molecule has 2 N–H and O–H groups in total. The SMILES string of the molecule is Cc1c(CNC(=O)CC2CNCCO2)oc2ccccc12. The van der Waals surface area contributed by atoms with Gasteiger partial charge in [0.15, 0.2) is 0 Å².